The molecule has 5 nitrogen and oxygen atoms in total. The summed E-state index contributed by atoms with van der Waals surface area (Å²) < 4.78 is 46.7. The molecule has 22 heavy (non-hydrogen) atoms. The van der Waals surface area contributed by atoms with Crippen molar-refractivity contribution in [3.8, 4) is 0 Å². The lowest BCUT2D eigenvalue weighted by Gasteiger charge is -2.55. The topological polar surface area (TPSA) is 86.3 Å². The van der Waals surface area contributed by atoms with Crippen molar-refractivity contribution in [1.29, 1.82) is 0 Å². The van der Waals surface area contributed by atoms with Crippen LogP contribution in [0.15, 0.2) is 0 Å². The molecular formula is C14H18F2NO4S-. The number of rotatable bonds is 4. The third-order valence-electron chi connectivity index (χ3n) is 5.38. The number of hydrogen-bond donors (Lipinski definition) is 1. The van der Waals surface area contributed by atoms with Gasteiger partial charge in [-0.3, -0.25) is 19.1 Å². The Balaban J connectivity index is 1.65. The molecule has 0 heterocycles. The fourth-order valence-electron chi connectivity index (χ4n) is 4.94. The number of nitrogens with one attached hydrogen (secondary N) is 1. The SMILES string of the molecule is O=C(CC(F)(F)S(=O)[O-])NC(=O)C12CC3CC(CC(C3)C1)C2. The minimum Gasteiger partial charge on any atom is -0.768 e. The molecule has 0 spiro atoms. The maximum absolute atomic E-state index is 13.0. The molecule has 0 aromatic rings. The molecule has 4 saturated carbocycles. The van der Waals surface area contributed by atoms with Crippen LogP contribution in [0.3, 0.4) is 0 Å². The van der Waals surface area contributed by atoms with Crippen LogP contribution in [0, 0.1) is 23.2 Å². The van der Waals surface area contributed by atoms with E-state index in [4.69, 9.17) is 0 Å². The molecule has 0 aromatic heterocycles. The summed E-state index contributed by atoms with van der Waals surface area (Å²) in [5, 5.41) is -2.13. The number of alkyl halides is 2. The van der Waals surface area contributed by atoms with Crippen LogP contribution >= 0.6 is 0 Å². The van der Waals surface area contributed by atoms with Crippen molar-refractivity contribution in [3.63, 3.8) is 0 Å². The van der Waals surface area contributed by atoms with Gasteiger partial charge >= 0.3 is 5.25 Å². The zero-order chi connectivity index (χ0) is 16.1. The van der Waals surface area contributed by atoms with Gasteiger partial charge in [0.1, 0.15) is 6.42 Å². The highest BCUT2D eigenvalue weighted by molar-refractivity contribution is 7.80. The number of imide groups is 1. The van der Waals surface area contributed by atoms with Gasteiger partial charge in [-0.25, -0.2) is 0 Å². The molecular weight excluding hydrogens is 316 g/mol. The van der Waals surface area contributed by atoms with E-state index >= 15 is 0 Å². The predicted molar refractivity (Wildman–Crippen MR) is 72.2 cm³/mol. The van der Waals surface area contributed by atoms with Crippen LogP contribution in [0.4, 0.5) is 8.78 Å². The number of carbonyl (C=O) groups excluding carboxylic acids is 2. The van der Waals surface area contributed by atoms with Crippen LogP contribution in [0.5, 0.6) is 0 Å². The molecule has 4 rings (SSSR count). The molecule has 1 unspecified atom stereocenters. The summed E-state index contributed by atoms with van der Waals surface area (Å²) in [6.07, 6.45) is 3.97. The zero-order valence-corrected chi connectivity index (χ0v) is 12.8. The van der Waals surface area contributed by atoms with Gasteiger partial charge in [-0.15, -0.1) is 0 Å². The van der Waals surface area contributed by atoms with Crippen molar-refractivity contribution in [2.45, 2.75) is 50.2 Å². The molecule has 1 atom stereocenters. The summed E-state index contributed by atoms with van der Waals surface area (Å²) in [6, 6.07) is 0. The normalized spacial score (nSPS) is 37.9. The first kappa shape index (κ1) is 16.0. The standard InChI is InChI=1S/C14H19F2NO4S/c15-14(16,22(20)21)7-11(18)17-12(19)13-4-8-1-9(5-13)3-10(2-8)6-13/h8-10H,1-7H2,(H,20,21)(H,17,18,19)/p-1. The van der Waals surface area contributed by atoms with Crippen LogP contribution in [-0.4, -0.2) is 25.8 Å². The highest BCUT2D eigenvalue weighted by atomic mass is 32.2. The highest BCUT2D eigenvalue weighted by Gasteiger charge is 2.55. The van der Waals surface area contributed by atoms with Crippen LogP contribution in [0.1, 0.15) is 44.9 Å². The molecule has 4 fully saturated rings. The summed E-state index contributed by atoms with van der Waals surface area (Å²) in [6.45, 7) is 0. The lowest BCUT2D eigenvalue weighted by Crippen LogP contribution is -2.54. The minimum absolute atomic E-state index is 0.489. The van der Waals surface area contributed by atoms with Crippen molar-refractivity contribution in [2.24, 2.45) is 23.2 Å². The molecule has 0 saturated heterocycles. The Hall–Kier alpha value is -0.890. The Bertz CT molecular complexity index is 502. The number of hydrogen-bond acceptors (Lipinski definition) is 4. The van der Waals surface area contributed by atoms with Crippen LogP contribution in [0.25, 0.3) is 0 Å². The van der Waals surface area contributed by atoms with Gasteiger partial charge in [-0.05, 0) is 56.3 Å². The molecule has 0 aromatic carbocycles. The first-order chi connectivity index (χ1) is 10.2. The largest absolute Gasteiger partial charge is 0.768 e. The summed E-state index contributed by atoms with van der Waals surface area (Å²) in [5.74, 6) is -0.257. The Labute approximate surface area is 129 Å². The van der Waals surface area contributed by atoms with E-state index in [2.05, 4.69) is 0 Å². The predicted octanol–water partition coefficient (Wildman–Crippen LogP) is 1.71. The third-order valence-corrected chi connectivity index (χ3v) is 6.02. The van der Waals surface area contributed by atoms with Crippen molar-refractivity contribution >= 4 is 22.9 Å². The van der Waals surface area contributed by atoms with E-state index in [0.29, 0.717) is 37.0 Å². The molecule has 2 amide bonds. The second kappa shape index (κ2) is 5.33. The van der Waals surface area contributed by atoms with Crippen molar-refractivity contribution in [2.75, 3.05) is 0 Å². The van der Waals surface area contributed by atoms with E-state index < -0.39 is 40.0 Å². The molecule has 4 bridgehead atoms. The Morgan fingerprint density at radius 3 is 2.00 bits per heavy atom. The average molecular weight is 334 g/mol. The van der Waals surface area contributed by atoms with E-state index in [1.54, 1.807) is 0 Å². The smallest absolute Gasteiger partial charge is 0.317 e. The third kappa shape index (κ3) is 2.82. The van der Waals surface area contributed by atoms with Gasteiger partial charge in [-0.1, -0.05) is 0 Å². The minimum atomic E-state index is -4.15. The maximum Gasteiger partial charge on any atom is 0.317 e. The lowest BCUT2D eigenvalue weighted by atomic mass is 9.49. The Morgan fingerprint density at radius 1 is 1.14 bits per heavy atom. The van der Waals surface area contributed by atoms with E-state index in [-0.39, 0.29) is 0 Å². The quantitative estimate of drug-likeness (QED) is 0.793. The van der Waals surface area contributed by atoms with Crippen molar-refractivity contribution in [1.82, 2.24) is 5.32 Å². The second-order valence-electron chi connectivity index (χ2n) is 7.12. The van der Waals surface area contributed by atoms with Gasteiger partial charge in [0.15, 0.2) is 0 Å². The average Bonchev–Trinajstić information content (AvgIpc) is 2.35. The van der Waals surface area contributed by atoms with Crippen molar-refractivity contribution in [3.05, 3.63) is 0 Å². The molecule has 1 N–H and O–H groups in total. The van der Waals surface area contributed by atoms with E-state index in [1.165, 1.54) is 0 Å². The molecule has 4 aliphatic carbocycles. The van der Waals surface area contributed by atoms with Crippen LogP contribution in [-0.2, 0) is 20.7 Å². The van der Waals surface area contributed by atoms with Crippen LogP contribution < -0.4 is 5.32 Å². The Kier molecular flexibility index (Phi) is 3.87. The fraction of sp³-hybridized carbons (Fsp3) is 0.857. The van der Waals surface area contributed by atoms with Crippen molar-refractivity contribution < 1.29 is 27.1 Å². The van der Waals surface area contributed by atoms with Crippen LogP contribution in [0.2, 0.25) is 0 Å². The maximum atomic E-state index is 13.0. The highest BCUT2D eigenvalue weighted by Crippen LogP contribution is 2.60. The zero-order valence-electron chi connectivity index (χ0n) is 12.0. The van der Waals surface area contributed by atoms with Gasteiger partial charge in [0.05, 0.1) is 5.41 Å². The summed E-state index contributed by atoms with van der Waals surface area (Å²) in [5.41, 5.74) is -0.615. The number of carbonyl (C=O) groups is 2. The lowest BCUT2D eigenvalue weighted by molar-refractivity contribution is -0.150. The molecule has 0 radical (unpaired) electrons. The van der Waals surface area contributed by atoms with E-state index in [9.17, 15) is 27.1 Å². The number of halogens is 2. The first-order valence-electron chi connectivity index (χ1n) is 7.52. The van der Waals surface area contributed by atoms with Gasteiger partial charge in [0, 0.05) is 11.1 Å². The summed E-state index contributed by atoms with van der Waals surface area (Å²) in [4.78, 5) is 24.0. The summed E-state index contributed by atoms with van der Waals surface area (Å²) in [7, 11) is 0. The second-order valence-corrected chi connectivity index (χ2v) is 8.19. The fourth-order valence-corrected chi connectivity index (χ4v) is 5.19. The first-order valence-corrected chi connectivity index (χ1v) is 8.59. The number of amides is 2. The monoisotopic (exact) mass is 334 g/mol. The van der Waals surface area contributed by atoms with Gasteiger partial charge in [0.2, 0.25) is 11.8 Å². The van der Waals surface area contributed by atoms with Gasteiger partial charge in [0.25, 0.3) is 0 Å². The Morgan fingerprint density at radius 2 is 1.59 bits per heavy atom. The molecule has 8 heteroatoms. The van der Waals surface area contributed by atoms with Gasteiger partial charge in [-0.2, -0.15) is 8.78 Å². The van der Waals surface area contributed by atoms with E-state index in [0.717, 1.165) is 19.3 Å². The molecule has 4 aliphatic rings. The summed E-state index contributed by atoms with van der Waals surface area (Å²) >= 11 is -3.68. The van der Waals surface area contributed by atoms with E-state index in [1.807, 2.05) is 5.32 Å². The molecule has 0 aliphatic heterocycles. The molecule has 124 valence electrons. The van der Waals surface area contributed by atoms with Gasteiger partial charge < -0.3 is 4.55 Å².